The number of aromatic amines is 1. The molecule has 2 heterocycles. The van der Waals surface area contributed by atoms with Gasteiger partial charge >= 0.3 is 5.69 Å². The van der Waals surface area contributed by atoms with Crippen molar-refractivity contribution in [3.63, 3.8) is 0 Å². The molecule has 0 aromatic carbocycles. The lowest BCUT2D eigenvalue weighted by Gasteiger charge is -2.34. The average Bonchev–Trinajstić information content (AvgIpc) is 2.34. The number of aliphatic hydroxyl groups excluding tert-OH is 1. The lowest BCUT2D eigenvalue weighted by atomic mass is 10.1. The summed E-state index contributed by atoms with van der Waals surface area (Å²) < 4.78 is 0.989. The monoisotopic (exact) mass is 252 g/mol. The predicted molar refractivity (Wildman–Crippen MR) is 69.0 cm³/mol. The quantitative estimate of drug-likeness (QED) is 0.733. The molecule has 0 radical (unpaired) electrons. The molecule has 0 saturated carbocycles. The van der Waals surface area contributed by atoms with Crippen LogP contribution in [0.5, 0.6) is 0 Å². The van der Waals surface area contributed by atoms with Crippen LogP contribution in [0.15, 0.2) is 14.6 Å². The fourth-order valence-electron chi connectivity index (χ4n) is 2.01. The van der Waals surface area contributed by atoms with Gasteiger partial charge in [0.2, 0.25) is 0 Å². The molecule has 0 aliphatic carbocycles. The number of aliphatic hydroxyl groups is 1. The Kier molecular flexibility index (Phi) is 3.08. The smallest absolute Gasteiger partial charge is 0.329 e. The summed E-state index contributed by atoms with van der Waals surface area (Å²) in [5.41, 5.74) is 0.0906. The number of nitrogens with one attached hydrogen (secondary N) is 1. The van der Waals surface area contributed by atoms with Gasteiger partial charge in [0.05, 0.1) is 12.6 Å². The van der Waals surface area contributed by atoms with Gasteiger partial charge in [0.25, 0.3) is 5.56 Å². The maximum absolute atomic E-state index is 12.0. The van der Waals surface area contributed by atoms with Crippen LogP contribution >= 0.6 is 0 Å². The van der Waals surface area contributed by atoms with Crippen LogP contribution in [0.4, 0.5) is 11.5 Å². The van der Waals surface area contributed by atoms with E-state index < -0.39 is 11.2 Å². The van der Waals surface area contributed by atoms with Crippen molar-refractivity contribution in [2.45, 2.75) is 19.9 Å². The standard InChI is InChI=1S/C11H16N4O3/c1-6-7(2)15(4-5-16)9-8(12-6)10(17)14(3)11(18)13-9/h7,16H,4-5H2,1-3H3,(H,13,18). The van der Waals surface area contributed by atoms with E-state index in [-0.39, 0.29) is 18.3 Å². The molecule has 18 heavy (non-hydrogen) atoms. The first-order valence-electron chi connectivity index (χ1n) is 5.73. The van der Waals surface area contributed by atoms with Crippen molar-refractivity contribution >= 4 is 17.2 Å². The molecule has 0 amide bonds. The van der Waals surface area contributed by atoms with Crippen LogP contribution in [0.25, 0.3) is 0 Å². The van der Waals surface area contributed by atoms with Crippen LogP contribution < -0.4 is 16.1 Å². The Labute approximate surface area is 103 Å². The minimum atomic E-state index is -0.483. The highest BCUT2D eigenvalue weighted by Crippen LogP contribution is 2.28. The first-order valence-corrected chi connectivity index (χ1v) is 5.73. The Morgan fingerprint density at radius 2 is 2.11 bits per heavy atom. The molecule has 2 rings (SSSR count). The number of hydrogen-bond donors (Lipinski definition) is 2. The molecule has 0 spiro atoms. The Balaban J connectivity index is 2.72. The molecule has 1 atom stereocenters. The maximum Gasteiger partial charge on any atom is 0.329 e. The highest BCUT2D eigenvalue weighted by atomic mass is 16.3. The molecule has 1 unspecified atom stereocenters. The molecule has 7 nitrogen and oxygen atoms in total. The zero-order chi connectivity index (χ0) is 13.4. The zero-order valence-electron chi connectivity index (χ0n) is 10.6. The number of anilines is 1. The number of rotatable bonds is 2. The van der Waals surface area contributed by atoms with E-state index in [1.165, 1.54) is 7.05 Å². The molecule has 0 saturated heterocycles. The van der Waals surface area contributed by atoms with Crippen molar-refractivity contribution in [3.05, 3.63) is 20.8 Å². The van der Waals surface area contributed by atoms with Gasteiger partial charge in [-0.05, 0) is 13.8 Å². The van der Waals surface area contributed by atoms with Crippen LogP contribution in [-0.2, 0) is 7.05 Å². The highest BCUT2D eigenvalue weighted by Gasteiger charge is 2.27. The van der Waals surface area contributed by atoms with Crippen LogP contribution in [-0.4, -0.2) is 39.6 Å². The number of aliphatic imine (C=N–C) groups is 1. The van der Waals surface area contributed by atoms with Crippen molar-refractivity contribution in [2.75, 3.05) is 18.1 Å². The molecule has 7 heteroatoms. The molecule has 98 valence electrons. The van der Waals surface area contributed by atoms with E-state index in [2.05, 4.69) is 9.98 Å². The van der Waals surface area contributed by atoms with E-state index in [1.807, 2.05) is 13.8 Å². The molecular formula is C11H16N4O3. The van der Waals surface area contributed by atoms with Gasteiger partial charge in [-0.2, -0.15) is 0 Å². The zero-order valence-corrected chi connectivity index (χ0v) is 10.6. The fourth-order valence-corrected chi connectivity index (χ4v) is 2.01. The maximum atomic E-state index is 12.0. The third-order valence-electron chi connectivity index (χ3n) is 3.25. The van der Waals surface area contributed by atoms with Gasteiger partial charge in [-0.1, -0.05) is 0 Å². The number of fused-ring (bicyclic) bond motifs is 1. The minimum absolute atomic E-state index is 0.0612. The van der Waals surface area contributed by atoms with E-state index in [4.69, 9.17) is 5.11 Å². The van der Waals surface area contributed by atoms with Crippen molar-refractivity contribution in [3.8, 4) is 0 Å². The van der Waals surface area contributed by atoms with Gasteiger partial charge in [-0.25, -0.2) is 9.79 Å². The lowest BCUT2D eigenvalue weighted by molar-refractivity contribution is 0.300. The number of aromatic nitrogens is 2. The summed E-state index contributed by atoms with van der Waals surface area (Å²) in [6.45, 7) is 4.01. The number of hydrogen-bond acceptors (Lipinski definition) is 5. The van der Waals surface area contributed by atoms with Crippen molar-refractivity contribution in [2.24, 2.45) is 12.0 Å². The van der Waals surface area contributed by atoms with E-state index in [0.29, 0.717) is 12.4 Å². The van der Waals surface area contributed by atoms with Crippen LogP contribution in [0, 0.1) is 0 Å². The predicted octanol–water partition coefficient (Wildman–Crippen LogP) is -0.633. The molecule has 0 fully saturated rings. The number of nitrogens with zero attached hydrogens (tertiary/aromatic N) is 3. The first kappa shape index (κ1) is 12.6. The molecule has 1 aliphatic rings. The van der Waals surface area contributed by atoms with Crippen LogP contribution in [0.1, 0.15) is 13.8 Å². The third kappa shape index (κ3) is 1.76. The summed E-state index contributed by atoms with van der Waals surface area (Å²) in [5, 5.41) is 9.08. The van der Waals surface area contributed by atoms with E-state index in [0.717, 1.165) is 10.3 Å². The van der Waals surface area contributed by atoms with Gasteiger partial charge in [0, 0.05) is 19.3 Å². The van der Waals surface area contributed by atoms with Gasteiger partial charge in [-0.15, -0.1) is 0 Å². The van der Waals surface area contributed by atoms with Crippen molar-refractivity contribution in [1.29, 1.82) is 0 Å². The Morgan fingerprint density at radius 1 is 1.44 bits per heavy atom. The summed E-state index contributed by atoms with van der Waals surface area (Å²) >= 11 is 0. The minimum Gasteiger partial charge on any atom is -0.395 e. The molecule has 1 aromatic heterocycles. The van der Waals surface area contributed by atoms with Crippen LogP contribution in [0.2, 0.25) is 0 Å². The van der Waals surface area contributed by atoms with Crippen molar-refractivity contribution in [1.82, 2.24) is 9.55 Å². The topological polar surface area (TPSA) is 90.7 Å². The van der Waals surface area contributed by atoms with Crippen molar-refractivity contribution < 1.29 is 5.11 Å². The average molecular weight is 252 g/mol. The molecular weight excluding hydrogens is 236 g/mol. The molecule has 1 aliphatic heterocycles. The highest BCUT2D eigenvalue weighted by molar-refractivity contribution is 5.95. The van der Waals surface area contributed by atoms with Gasteiger partial charge < -0.3 is 10.0 Å². The van der Waals surface area contributed by atoms with Gasteiger partial charge in [-0.3, -0.25) is 14.3 Å². The molecule has 1 aromatic rings. The largest absolute Gasteiger partial charge is 0.395 e. The Morgan fingerprint density at radius 3 is 2.72 bits per heavy atom. The second-order valence-electron chi connectivity index (χ2n) is 4.34. The molecule has 0 bridgehead atoms. The van der Waals surface area contributed by atoms with E-state index in [9.17, 15) is 9.59 Å². The Hall–Kier alpha value is -1.89. The lowest BCUT2D eigenvalue weighted by Crippen LogP contribution is -2.46. The third-order valence-corrected chi connectivity index (χ3v) is 3.25. The molecule has 2 N–H and O–H groups in total. The number of H-pyrrole nitrogens is 1. The summed E-state index contributed by atoms with van der Waals surface area (Å²) in [4.78, 5) is 32.3. The summed E-state index contributed by atoms with van der Waals surface area (Å²) in [5.74, 6) is 0.384. The SMILES string of the molecule is CC1=Nc2c([nH]c(=O)n(C)c2=O)N(CCO)C1C. The Bertz CT molecular complexity index is 614. The summed E-state index contributed by atoms with van der Waals surface area (Å²) in [6, 6.07) is -0.0626. The fraction of sp³-hybridized carbons (Fsp3) is 0.545. The number of β-amino-alcohol motifs (C(OH)–C–C–N with tert-alkyl or cyclic N) is 1. The summed E-state index contributed by atoms with van der Waals surface area (Å²) in [7, 11) is 1.40. The normalized spacial score (nSPS) is 18.6. The van der Waals surface area contributed by atoms with Crippen LogP contribution in [0.3, 0.4) is 0 Å². The second kappa shape index (κ2) is 4.41. The van der Waals surface area contributed by atoms with Gasteiger partial charge in [0.15, 0.2) is 5.69 Å². The van der Waals surface area contributed by atoms with E-state index >= 15 is 0 Å². The second-order valence-corrected chi connectivity index (χ2v) is 4.34. The first-order chi connectivity index (χ1) is 8.47. The van der Waals surface area contributed by atoms with Gasteiger partial charge in [0.1, 0.15) is 5.82 Å². The van der Waals surface area contributed by atoms with E-state index in [1.54, 1.807) is 4.90 Å². The summed E-state index contributed by atoms with van der Waals surface area (Å²) in [6.07, 6.45) is 0.